The van der Waals surface area contributed by atoms with Gasteiger partial charge in [0.15, 0.2) is 5.78 Å². The van der Waals surface area contributed by atoms with Gasteiger partial charge in [-0.15, -0.1) is 0 Å². The second kappa shape index (κ2) is 5.56. The number of hydrogen-bond acceptors (Lipinski definition) is 3. The third kappa shape index (κ3) is 2.38. The van der Waals surface area contributed by atoms with Crippen molar-refractivity contribution in [2.24, 2.45) is 28.6 Å². The third-order valence-electron chi connectivity index (χ3n) is 8.15. The molecular weight excluding hydrogens is 312 g/mol. The molecule has 3 fully saturated rings. The predicted molar refractivity (Wildman–Crippen MR) is 96.8 cm³/mol. The molecular formula is C22H30O3. The van der Waals surface area contributed by atoms with Gasteiger partial charge in [-0.3, -0.25) is 9.59 Å². The van der Waals surface area contributed by atoms with Crippen molar-refractivity contribution in [2.45, 2.75) is 71.8 Å². The average molecular weight is 342 g/mol. The molecule has 3 saturated carbocycles. The van der Waals surface area contributed by atoms with Gasteiger partial charge in [-0.2, -0.15) is 0 Å². The second-order valence-corrected chi connectivity index (χ2v) is 9.35. The van der Waals surface area contributed by atoms with E-state index >= 15 is 0 Å². The largest absolute Gasteiger partial charge is 0.462 e. The standard InChI is InChI=1S/C22H30O3/c1-13-11-16-17-5-6-20(25-14(2)23)22(17,4)10-8-18(16)21(3)9-7-15(24)12-19(13)21/h12,16-18,20H,1,5-11H2,2-4H3/t16-,17-,18-,20+,21-,22+/m1/s1. The Morgan fingerprint density at radius 2 is 1.96 bits per heavy atom. The molecule has 0 aromatic heterocycles. The van der Waals surface area contributed by atoms with Gasteiger partial charge >= 0.3 is 5.97 Å². The van der Waals surface area contributed by atoms with Gasteiger partial charge in [-0.05, 0) is 73.3 Å². The van der Waals surface area contributed by atoms with Crippen LogP contribution in [0.1, 0.15) is 65.7 Å². The number of ether oxygens (including phenoxy) is 1. The van der Waals surface area contributed by atoms with Crippen molar-refractivity contribution in [3.8, 4) is 0 Å². The Balaban J connectivity index is 1.67. The lowest BCUT2D eigenvalue weighted by Gasteiger charge is -2.58. The molecule has 4 rings (SSSR count). The summed E-state index contributed by atoms with van der Waals surface area (Å²) in [5, 5.41) is 0. The SMILES string of the molecule is C=C1C[C@@H]2[C@H]3CC[C@H](OC(C)=O)[C@@]3(C)CC[C@H]2[C@@]2(C)CCC(=O)C=C12. The summed E-state index contributed by atoms with van der Waals surface area (Å²) in [6.45, 7) is 10.6. The van der Waals surface area contributed by atoms with E-state index in [1.807, 2.05) is 6.08 Å². The van der Waals surface area contributed by atoms with Crippen LogP contribution in [-0.2, 0) is 14.3 Å². The average Bonchev–Trinajstić information content (AvgIpc) is 2.86. The first-order valence-corrected chi connectivity index (χ1v) is 9.86. The normalized spacial score (nSPS) is 46.0. The lowest BCUT2D eigenvalue weighted by Crippen LogP contribution is -2.52. The van der Waals surface area contributed by atoms with E-state index in [0.29, 0.717) is 24.2 Å². The number of carbonyl (C=O) groups excluding carboxylic acids is 2. The molecule has 6 atom stereocenters. The molecule has 4 aliphatic carbocycles. The topological polar surface area (TPSA) is 43.4 Å². The van der Waals surface area contributed by atoms with Crippen molar-refractivity contribution in [1.82, 2.24) is 0 Å². The van der Waals surface area contributed by atoms with Crippen LogP contribution < -0.4 is 0 Å². The monoisotopic (exact) mass is 342 g/mol. The van der Waals surface area contributed by atoms with Crippen LogP contribution in [0.15, 0.2) is 23.8 Å². The van der Waals surface area contributed by atoms with Crippen molar-refractivity contribution in [2.75, 3.05) is 0 Å². The molecule has 0 saturated heterocycles. The molecule has 4 aliphatic rings. The van der Waals surface area contributed by atoms with Gasteiger partial charge < -0.3 is 4.74 Å². The lowest BCUT2D eigenvalue weighted by atomic mass is 9.46. The van der Waals surface area contributed by atoms with Crippen LogP contribution in [0, 0.1) is 28.6 Å². The van der Waals surface area contributed by atoms with Gasteiger partial charge in [0.1, 0.15) is 6.10 Å². The van der Waals surface area contributed by atoms with Crippen LogP contribution in [0.4, 0.5) is 0 Å². The molecule has 0 heterocycles. The van der Waals surface area contributed by atoms with Crippen molar-refractivity contribution in [1.29, 1.82) is 0 Å². The molecule has 0 bridgehead atoms. The Morgan fingerprint density at radius 3 is 2.68 bits per heavy atom. The first kappa shape index (κ1) is 17.1. The minimum Gasteiger partial charge on any atom is -0.462 e. The fourth-order valence-corrected chi connectivity index (χ4v) is 6.91. The van der Waals surface area contributed by atoms with Gasteiger partial charge in [0.25, 0.3) is 0 Å². The van der Waals surface area contributed by atoms with Gasteiger partial charge in [0.2, 0.25) is 0 Å². The molecule has 3 nitrogen and oxygen atoms in total. The Kier molecular flexibility index (Phi) is 3.79. The summed E-state index contributed by atoms with van der Waals surface area (Å²) in [6.07, 6.45) is 9.06. The third-order valence-corrected chi connectivity index (χ3v) is 8.15. The van der Waals surface area contributed by atoms with Gasteiger partial charge in [0.05, 0.1) is 0 Å². The summed E-state index contributed by atoms with van der Waals surface area (Å²) in [5.74, 6) is 1.96. The Morgan fingerprint density at radius 1 is 1.20 bits per heavy atom. The van der Waals surface area contributed by atoms with E-state index in [-0.39, 0.29) is 28.7 Å². The molecule has 0 aromatic carbocycles. The number of carbonyl (C=O) groups is 2. The van der Waals surface area contributed by atoms with Crippen molar-refractivity contribution in [3.05, 3.63) is 23.8 Å². The highest BCUT2D eigenvalue weighted by molar-refractivity contribution is 5.92. The molecule has 0 aliphatic heterocycles. The molecule has 25 heavy (non-hydrogen) atoms. The van der Waals surface area contributed by atoms with Gasteiger partial charge in [-0.25, -0.2) is 0 Å². The van der Waals surface area contributed by atoms with E-state index < -0.39 is 0 Å². The van der Waals surface area contributed by atoms with Crippen LogP contribution in [0.5, 0.6) is 0 Å². The zero-order valence-electron chi connectivity index (χ0n) is 15.8. The number of rotatable bonds is 1. The summed E-state index contributed by atoms with van der Waals surface area (Å²) in [5.41, 5.74) is 2.63. The van der Waals surface area contributed by atoms with E-state index in [4.69, 9.17) is 4.74 Å². The Hall–Kier alpha value is -1.38. The number of hydrogen-bond donors (Lipinski definition) is 0. The summed E-state index contributed by atoms with van der Waals surface area (Å²) in [6, 6.07) is 0. The van der Waals surface area contributed by atoms with Crippen molar-refractivity contribution in [3.63, 3.8) is 0 Å². The molecule has 0 radical (unpaired) electrons. The lowest BCUT2D eigenvalue weighted by molar-refractivity contribution is -0.156. The Labute approximate surface area is 150 Å². The van der Waals surface area contributed by atoms with E-state index in [0.717, 1.165) is 32.1 Å². The van der Waals surface area contributed by atoms with Crippen molar-refractivity contribution >= 4 is 11.8 Å². The second-order valence-electron chi connectivity index (χ2n) is 9.35. The first-order chi connectivity index (χ1) is 11.8. The summed E-state index contributed by atoms with van der Waals surface area (Å²) < 4.78 is 5.72. The highest BCUT2D eigenvalue weighted by Gasteiger charge is 2.60. The number of ketones is 1. The van der Waals surface area contributed by atoms with Crippen LogP contribution >= 0.6 is 0 Å². The molecule has 136 valence electrons. The zero-order chi connectivity index (χ0) is 18.0. The van der Waals surface area contributed by atoms with Crippen LogP contribution in [0.25, 0.3) is 0 Å². The Bertz CT molecular complexity index is 675. The van der Waals surface area contributed by atoms with E-state index in [2.05, 4.69) is 20.4 Å². The first-order valence-electron chi connectivity index (χ1n) is 9.86. The smallest absolute Gasteiger partial charge is 0.302 e. The highest BCUT2D eigenvalue weighted by Crippen LogP contribution is 2.66. The minimum atomic E-state index is -0.148. The molecule has 0 unspecified atom stereocenters. The maximum absolute atomic E-state index is 12.0. The van der Waals surface area contributed by atoms with E-state index in [1.54, 1.807) is 0 Å². The van der Waals surface area contributed by atoms with Crippen LogP contribution in [-0.4, -0.2) is 17.9 Å². The summed E-state index contributed by atoms with van der Waals surface area (Å²) >= 11 is 0. The minimum absolute atomic E-state index is 0.0712. The predicted octanol–water partition coefficient (Wildman–Crippen LogP) is 4.62. The molecule has 0 N–H and O–H groups in total. The maximum atomic E-state index is 12.0. The number of fused-ring (bicyclic) bond motifs is 5. The van der Waals surface area contributed by atoms with Gasteiger partial charge in [-0.1, -0.05) is 26.0 Å². The molecule has 0 aromatic rings. The quantitative estimate of drug-likeness (QED) is 0.653. The molecule has 3 heteroatoms. The summed E-state index contributed by atoms with van der Waals surface area (Å²) in [7, 11) is 0. The zero-order valence-corrected chi connectivity index (χ0v) is 15.8. The summed E-state index contributed by atoms with van der Waals surface area (Å²) in [4.78, 5) is 23.5. The van der Waals surface area contributed by atoms with Crippen molar-refractivity contribution < 1.29 is 14.3 Å². The number of esters is 1. The maximum Gasteiger partial charge on any atom is 0.302 e. The van der Waals surface area contributed by atoms with Crippen LogP contribution in [0.3, 0.4) is 0 Å². The van der Waals surface area contributed by atoms with Crippen LogP contribution in [0.2, 0.25) is 0 Å². The highest BCUT2D eigenvalue weighted by atomic mass is 16.5. The fraction of sp³-hybridized carbons (Fsp3) is 0.727. The van der Waals surface area contributed by atoms with E-state index in [1.165, 1.54) is 24.5 Å². The number of allylic oxidation sites excluding steroid dienone is 2. The van der Waals surface area contributed by atoms with Gasteiger partial charge in [0, 0.05) is 18.8 Å². The fourth-order valence-electron chi connectivity index (χ4n) is 6.91. The van der Waals surface area contributed by atoms with E-state index in [9.17, 15) is 9.59 Å². The molecule has 0 amide bonds. The molecule has 0 spiro atoms.